The minimum Gasteiger partial charge on any atom is -0.349 e. The van der Waals surface area contributed by atoms with Crippen molar-refractivity contribution in [1.82, 2.24) is 10.3 Å². The number of rotatable bonds is 3. The quantitative estimate of drug-likeness (QED) is 0.856. The number of amides is 2. The van der Waals surface area contributed by atoms with Gasteiger partial charge in [0.25, 0.3) is 5.91 Å². The van der Waals surface area contributed by atoms with Crippen LogP contribution in [0.25, 0.3) is 0 Å². The number of hydrogen-bond acceptors (Lipinski definition) is 3. The van der Waals surface area contributed by atoms with Gasteiger partial charge in [0.05, 0.1) is 24.0 Å². The molecule has 4 rings (SSSR count). The lowest BCUT2D eigenvalue weighted by atomic mass is 9.87. The Bertz CT molecular complexity index is 928. The fourth-order valence-electron chi connectivity index (χ4n) is 4.40. The molecule has 140 valence electrons. The molecule has 2 aromatic rings. The molecule has 0 spiro atoms. The Morgan fingerprint density at radius 2 is 2.15 bits per heavy atom. The topological polar surface area (TPSA) is 62.3 Å². The van der Waals surface area contributed by atoms with E-state index in [9.17, 15) is 9.59 Å². The summed E-state index contributed by atoms with van der Waals surface area (Å²) in [5.41, 5.74) is 4.66. The van der Waals surface area contributed by atoms with Crippen molar-refractivity contribution >= 4 is 29.1 Å². The fourth-order valence-corrected chi connectivity index (χ4v) is 4.58. The number of benzene rings is 1. The maximum absolute atomic E-state index is 13.2. The predicted octanol–water partition coefficient (Wildman–Crippen LogP) is 4.36. The van der Waals surface area contributed by atoms with Crippen molar-refractivity contribution < 1.29 is 9.59 Å². The monoisotopic (exact) mass is 383 g/mol. The lowest BCUT2D eigenvalue weighted by Crippen LogP contribution is -2.32. The van der Waals surface area contributed by atoms with Gasteiger partial charge in [-0.15, -0.1) is 0 Å². The summed E-state index contributed by atoms with van der Waals surface area (Å²) >= 11 is 6.19. The van der Waals surface area contributed by atoms with Gasteiger partial charge in [0.1, 0.15) is 0 Å². The lowest BCUT2D eigenvalue weighted by Gasteiger charge is -2.32. The number of nitrogens with zero attached hydrogens (tertiary/aromatic N) is 2. The molecular weight excluding hydrogens is 362 g/mol. The minimum absolute atomic E-state index is 0.00892. The van der Waals surface area contributed by atoms with Crippen LogP contribution in [-0.2, 0) is 11.2 Å². The summed E-state index contributed by atoms with van der Waals surface area (Å²) in [4.78, 5) is 31.1. The summed E-state index contributed by atoms with van der Waals surface area (Å²) in [6.07, 6.45) is 7.12. The number of carbonyl (C=O) groups is 2. The molecular formula is C21H22ClN3O2. The molecule has 2 heterocycles. The summed E-state index contributed by atoms with van der Waals surface area (Å²) in [6.45, 7) is 3.60. The van der Waals surface area contributed by atoms with Crippen LogP contribution in [0.15, 0.2) is 30.6 Å². The Labute approximate surface area is 163 Å². The van der Waals surface area contributed by atoms with Crippen molar-refractivity contribution in [3.05, 3.63) is 57.9 Å². The van der Waals surface area contributed by atoms with E-state index < -0.39 is 0 Å². The van der Waals surface area contributed by atoms with Crippen LogP contribution in [0, 0.1) is 0 Å². The smallest absolute Gasteiger partial charge is 0.259 e. The molecule has 1 aromatic heterocycles. The van der Waals surface area contributed by atoms with Gasteiger partial charge in [-0.1, -0.05) is 18.5 Å². The SMILES string of the molecule is CC[C@H]1c2cc(Cl)ccc2C(=O)N1c1cncc2c1CCC[C@@H]2NC(C)=O. The highest BCUT2D eigenvalue weighted by Crippen LogP contribution is 2.44. The standard InChI is InChI=1S/C21H22ClN3O2/c1-3-19-16-9-13(22)7-8-15(16)21(27)25(19)20-11-23-10-17-14(20)5-4-6-18(17)24-12(2)26/h7-11,18-19H,3-6H2,1-2H3,(H,24,26)/t18-,19-/m0/s1. The molecule has 1 aliphatic heterocycles. The zero-order chi connectivity index (χ0) is 19.1. The predicted molar refractivity (Wildman–Crippen MR) is 105 cm³/mol. The number of pyridine rings is 1. The number of halogens is 1. The molecule has 1 aliphatic carbocycles. The van der Waals surface area contributed by atoms with Crippen LogP contribution >= 0.6 is 11.6 Å². The van der Waals surface area contributed by atoms with Gasteiger partial charge in [-0.05, 0) is 60.6 Å². The van der Waals surface area contributed by atoms with Crippen LogP contribution in [0.5, 0.6) is 0 Å². The van der Waals surface area contributed by atoms with E-state index in [4.69, 9.17) is 11.6 Å². The van der Waals surface area contributed by atoms with Crippen molar-refractivity contribution in [3.8, 4) is 0 Å². The number of nitrogens with one attached hydrogen (secondary N) is 1. The molecule has 0 bridgehead atoms. The number of anilines is 1. The first kappa shape index (κ1) is 18.0. The summed E-state index contributed by atoms with van der Waals surface area (Å²) in [5, 5.41) is 3.66. The molecule has 5 nitrogen and oxygen atoms in total. The highest BCUT2D eigenvalue weighted by atomic mass is 35.5. The number of aromatic nitrogens is 1. The van der Waals surface area contributed by atoms with E-state index in [1.807, 2.05) is 23.2 Å². The van der Waals surface area contributed by atoms with Crippen molar-refractivity contribution in [1.29, 1.82) is 0 Å². The molecule has 2 amide bonds. The average Bonchev–Trinajstić information content (AvgIpc) is 2.92. The van der Waals surface area contributed by atoms with E-state index in [2.05, 4.69) is 17.2 Å². The van der Waals surface area contributed by atoms with Crippen molar-refractivity contribution in [2.24, 2.45) is 0 Å². The van der Waals surface area contributed by atoms with Gasteiger partial charge in [0, 0.05) is 23.7 Å². The Morgan fingerprint density at radius 1 is 1.33 bits per heavy atom. The number of carbonyl (C=O) groups excluding carboxylic acids is 2. The van der Waals surface area contributed by atoms with Crippen LogP contribution in [0.4, 0.5) is 5.69 Å². The Hall–Kier alpha value is -2.40. The first-order valence-electron chi connectivity index (χ1n) is 9.38. The Morgan fingerprint density at radius 3 is 2.89 bits per heavy atom. The summed E-state index contributed by atoms with van der Waals surface area (Å²) < 4.78 is 0. The van der Waals surface area contributed by atoms with Gasteiger partial charge in [-0.3, -0.25) is 19.5 Å². The molecule has 2 atom stereocenters. The van der Waals surface area contributed by atoms with Crippen molar-refractivity contribution in [3.63, 3.8) is 0 Å². The highest BCUT2D eigenvalue weighted by molar-refractivity contribution is 6.31. The molecule has 0 fully saturated rings. The van der Waals surface area contributed by atoms with E-state index in [0.29, 0.717) is 10.6 Å². The zero-order valence-electron chi connectivity index (χ0n) is 15.5. The van der Waals surface area contributed by atoms with Crippen molar-refractivity contribution in [2.45, 2.75) is 51.6 Å². The molecule has 1 aromatic carbocycles. The number of hydrogen-bond donors (Lipinski definition) is 1. The van der Waals surface area contributed by atoms with Crippen LogP contribution < -0.4 is 10.2 Å². The summed E-state index contributed by atoms with van der Waals surface area (Å²) in [6, 6.07) is 5.37. The third-order valence-corrected chi connectivity index (χ3v) is 5.76. The molecule has 1 N–H and O–H groups in total. The molecule has 0 saturated carbocycles. The van der Waals surface area contributed by atoms with Gasteiger partial charge in [-0.25, -0.2) is 0 Å². The Balaban J connectivity index is 1.80. The van der Waals surface area contributed by atoms with Gasteiger partial charge in [0.2, 0.25) is 5.91 Å². The van der Waals surface area contributed by atoms with Crippen molar-refractivity contribution in [2.75, 3.05) is 4.90 Å². The van der Waals surface area contributed by atoms with Gasteiger partial charge in [0.15, 0.2) is 0 Å². The fraction of sp³-hybridized carbons (Fsp3) is 0.381. The third-order valence-electron chi connectivity index (χ3n) is 5.52. The van der Waals surface area contributed by atoms with Gasteiger partial charge >= 0.3 is 0 Å². The van der Waals surface area contributed by atoms with E-state index in [0.717, 1.165) is 48.1 Å². The largest absolute Gasteiger partial charge is 0.349 e. The first-order chi connectivity index (χ1) is 13.0. The second kappa shape index (κ2) is 6.97. The maximum atomic E-state index is 13.2. The third kappa shape index (κ3) is 3.00. The molecule has 2 aliphatic rings. The molecule has 0 radical (unpaired) electrons. The average molecular weight is 384 g/mol. The number of fused-ring (bicyclic) bond motifs is 2. The van der Waals surface area contributed by atoms with Crippen LogP contribution in [0.1, 0.15) is 72.2 Å². The van der Waals surface area contributed by atoms with E-state index in [-0.39, 0.29) is 23.9 Å². The lowest BCUT2D eigenvalue weighted by molar-refractivity contribution is -0.119. The van der Waals surface area contributed by atoms with E-state index >= 15 is 0 Å². The maximum Gasteiger partial charge on any atom is 0.259 e. The highest BCUT2D eigenvalue weighted by Gasteiger charge is 2.39. The summed E-state index contributed by atoms with van der Waals surface area (Å²) in [5.74, 6) is -0.0608. The molecule has 27 heavy (non-hydrogen) atoms. The summed E-state index contributed by atoms with van der Waals surface area (Å²) in [7, 11) is 0. The molecule has 6 heteroatoms. The van der Waals surface area contributed by atoms with Crippen LogP contribution in [0.3, 0.4) is 0 Å². The van der Waals surface area contributed by atoms with Gasteiger partial charge < -0.3 is 5.32 Å². The molecule has 0 saturated heterocycles. The second-order valence-electron chi connectivity index (χ2n) is 7.20. The Kier molecular flexibility index (Phi) is 4.64. The zero-order valence-corrected chi connectivity index (χ0v) is 16.2. The van der Waals surface area contributed by atoms with Crippen LogP contribution in [0.2, 0.25) is 5.02 Å². The minimum atomic E-state index is -0.0550. The first-order valence-corrected chi connectivity index (χ1v) is 9.76. The van der Waals surface area contributed by atoms with E-state index in [1.165, 1.54) is 6.92 Å². The molecule has 0 unspecified atom stereocenters. The van der Waals surface area contributed by atoms with Gasteiger partial charge in [-0.2, -0.15) is 0 Å². The van der Waals surface area contributed by atoms with E-state index in [1.54, 1.807) is 12.3 Å². The normalized spacial score (nSPS) is 21.0. The second-order valence-corrected chi connectivity index (χ2v) is 7.64. The van der Waals surface area contributed by atoms with Crippen LogP contribution in [-0.4, -0.2) is 16.8 Å².